The largest absolute Gasteiger partial charge is 0.475 e. The summed E-state index contributed by atoms with van der Waals surface area (Å²) in [5.74, 6) is 4.85. The molecule has 0 radical (unpaired) electrons. The van der Waals surface area contributed by atoms with Gasteiger partial charge in [0, 0.05) is 12.5 Å². The summed E-state index contributed by atoms with van der Waals surface area (Å²) in [6.07, 6.45) is 1.94. The number of nitrogen functional groups attached to an aromatic ring is 1. The highest BCUT2D eigenvalue weighted by molar-refractivity contribution is 5.26. The fourth-order valence-corrected chi connectivity index (χ4v) is 1.43. The van der Waals surface area contributed by atoms with Crippen molar-refractivity contribution in [3.63, 3.8) is 0 Å². The Balaban J connectivity index is 1.96. The van der Waals surface area contributed by atoms with Gasteiger partial charge in [-0.3, -0.25) is 5.43 Å². The van der Waals surface area contributed by atoms with Gasteiger partial charge < -0.3 is 9.47 Å². The van der Waals surface area contributed by atoms with Gasteiger partial charge in [0.1, 0.15) is 0 Å². The van der Waals surface area contributed by atoms with Crippen molar-refractivity contribution in [3.8, 4) is 5.88 Å². The molecule has 1 aromatic heterocycles. The number of hydrogen-bond acceptors (Lipinski definition) is 6. The van der Waals surface area contributed by atoms with E-state index in [2.05, 4.69) is 15.4 Å². The Morgan fingerprint density at radius 1 is 1.69 bits per heavy atom. The first-order chi connectivity index (χ1) is 7.79. The molecule has 1 unspecified atom stereocenters. The summed E-state index contributed by atoms with van der Waals surface area (Å²) in [5, 5.41) is 0. The van der Waals surface area contributed by atoms with E-state index in [4.69, 9.17) is 15.3 Å². The number of hydrogen-bond donors (Lipinski definition) is 2. The van der Waals surface area contributed by atoms with Gasteiger partial charge in [-0.2, -0.15) is 9.37 Å². The van der Waals surface area contributed by atoms with Gasteiger partial charge >= 0.3 is 0 Å². The van der Waals surface area contributed by atoms with Crippen molar-refractivity contribution in [1.29, 1.82) is 0 Å². The highest BCUT2D eigenvalue weighted by Gasteiger charge is 2.17. The number of nitrogens with zero attached hydrogens (tertiary/aromatic N) is 2. The predicted molar refractivity (Wildman–Crippen MR) is 54.2 cm³/mol. The first-order valence-electron chi connectivity index (χ1n) is 4.99. The number of nitrogens with two attached hydrogens (primary N) is 1. The average molecular weight is 228 g/mol. The molecule has 1 aliphatic rings. The summed E-state index contributed by atoms with van der Waals surface area (Å²) in [4.78, 5) is 7.38. The average Bonchev–Trinajstić information content (AvgIpc) is 2.81. The highest BCUT2D eigenvalue weighted by Crippen LogP contribution is 2.17. The molecule has 0 spiro atoms. The predicted octanol–water partition coefficient (Wildman–Crippen LogP) is 0.317. The van der Waals surface area contributed by atoms with Crippen LogP contribution in [0.5, 0.6) is 5.88 Å². The van der Waals surface area contributed by atoms with E-state index in [1.165, 1.54) is 0 Å². The molecule has 0 aromatic carbocycles. The lowest BCUT2D eigenvalue weighted by Gasteiger charge is -2.10. The number of hydrazine groups is 1. The molecule has 88 valence electrons. The first kappa shape index (κ1) is 11.0. The molecule has 6 nitrogen and oxygen atoms in total. The van der Waals surface area contributed by atoms with Crippen molar-refractivity contribution >= 4 is 5.95 Å². The number of ether oxygens (including phenoxy) is 2. The number of nitrogens with one attached hydrogen (secondary N) is 1. The molecule has 1 aromatic rings. The summed E-state index contributed by atoms with van der Waals surface area (Å²) < 4.78 is 23.7. The minimum Gasteiger partial charge on any atom is -0.475 e. The summed E-state index contributed by atoms with van der Waals surface area (Å²) >= 11 is 0. The molecule has 2 heterocycles. The molecule has 0 saturated carbocycles. The standard InChI is InChI=1S/C9H13FN4O2/c10-7-3-12-9(14-11)13-8(7)16-5-6-1-2-15-4-6/h3,6H,1-2,4-5,11H2,(H,12,13,14). The van der Waals surface area contributed by atoms with Crippen molar-refractivity contribution in [2.75, 3.05) is 25.2 Å². The molecule has 0 aliphatic carbocycles. The van der Waals surface area contributed by atoms with Crippen molar-refractivity contribution in [1.82, 2.24) is 9.97 Å². The van der Waals surface area contributed by atoms with E-state index >= 15 is 0 Å². The van der Waals surface area contributed by atoms with Crippen LogP contribution in [-0.2, 0) is 4.74 Å². The monoisotopic (exact) mass is 228 g/mol. The third kappa shape index (κ3) is 2.56. The third-order valence-corrected chi connectivity index (χ3v) is 2.32. The second-order valence-corrected chi connectivity index (χ2v) is 3.53. The molecule has 16 heavy (non-hydrogen) atoms. The van der Waals surface area contributed by atoms with Gasteiger partial charge in [-0.25, -0.2) is 10.8 Å². The summed E-state index contributed by atoms with van der Waals surface area (Å²) in [5.41, 5.74) is 2.23. The van der Waals surface area contributed by atoms with Crippen LogP contribution in [0.15, 0.2) is 6.20 Å². The van der Waals surface area contributed by atoms with Gasteiger partial charge in [0.25, 0.3) is 5.88 Å². The van der Waals surface area contributed by atoms with Gasteiger partial charge in [0.2, 0.25) is 11.8 Å². The molecule has 7 heteroatoms. The quantitative estimate of drug-likeness (QED) is 0.570. The number of anilines is 1. The molecule has 2 rings (SSSR count). The van der Waals surface area contributed by atoms with Crippen LogP contribution < -0.4 is 16.0 Å². The molecular formula is C9H13FN4O2. The van der Waals surface area contributed by atoms with Gasteiger partial charge in [0.05, 0.1) is 19.4 Å². The SMILES string of the molecule is NNc1ncc(F)c(OCC2CCOC2)n1. The zero-order chi connectivity index (χ0) is 11.4. The Morgan fingerprint density at radius 3 is 3.25 bits per heavy atom. The molecule has 1 saturated heterocycles. The maximum Gasteiger partial charge on any atom is 0.255 e. The fourth-order valence-electron chi connectivity index (χ4n) is 1.43. The first-order valence-corrected chi connectivity index (χ1v) is 4.99. The van der Waals surface area contributed by atoms with Gasteiger partial charge in [-0.1, -0.05) is 0 Å². The number of halogens is 1. The molecule has 0 bridgehead atoms. The lowest BCUT2D eigenvalue weighted by molar-refractivity contribution is 0.163. The van der Waals surface area contributed by atoms with Crippen LogP contribution in [0.25, 0.3) is 0 Å². The van der Waals surface area contributed by atoms with E-state index in [0.717, 1.165) is 19.2 Å². The molecule has 3 N–H and O–H groups in total. The van der Waals surface area contributed by atoms with Crippen LogP contribution in [0.1, 0.15) is 6.42 Å². The van der Waals surface area contributed by atoms with Crippen molar-refractivity contribution in [2.45, 2.75) is 6.42 Å². The van der Waals surface area contributed by atoms with E-state index in [0.29, 0.717) is 19.1 Å². The Labute approximate surface area is 91.9 Å². The Hall–Kier alpha value is -1.47. The van der Waals surface area contributed by atoms with Gasteiger partial charge in [0.15, 0.2) is 0 Å². The summed E-state index contributed by atoms with van der Waals surface area (Å²) in [6, 6.07) is 0. The normalized spacial score (nSPS) is 19.8. The van der Waals surface area contributed by atoms with Crippen LogP contribution in [-0.4, -0.2) is 29.8 Å². The molecule has 1 atom stereocenters. The highest BCUT2D eigenvalue weighted by atomic mass is 19.1. The van der Waals surface area contributed by atoms with Crippen molar-refractivity contribution in [3.05, 3.63) is 12.0 Å². The zero-order valence-corrected chi connectivity index (χ0v) is 8.65. The van der Waals surface area contributed by atoms with Gasteiger partial charge in [-0.05, 0) is 6.42 Å². The third-order valence-electron chi connectivity index (χ3n) is 2.32. The molecular weight excluding hydrogens is 215 g/mol. The van der Waals surface area contributed by atoms with E-state index in [1.807, 2.05) is 0 Å². The lowest BCUT2D eigenvalue weighted by Crippen LogP contribution is -2.15. The van der Waals surface area contributed by atoms with Crippen LogP contribution in [0, 0.1) is 11.7 Å². The number of rotatable bonds is 4. The van der Waals surface area contributed by atoms with Gasteiger partial charge in [-0.15, -0.1) is 0 Å². The maximum atomic E-state index is 13.2. The van der Waals surface area contributed by atoms with E-state index in [9.17, 15) is 4.39 Å². The van der Waals surface area contributed by atoms with Crippen LogP contribution >= 0.6 is 0 Å². The topological polar surface area (TPSA) is 82.3 Å². The molecule has 0 amide bonds. The molecule has 1 aliphatic heterocycles. The van der Waals surface area contributed by atoms with E-state index in [1.54, 1.807) is 0 Å². The van der Waals surface area contributed by atoms with Crippen LogP contribution in [0.3, 0.4) is 0 Å². The zero-order valence-electron chi connectivity index (χ0n) is 8.65. The van der Waals surface area contributed by atoms with E-state index < -0.39 is 5.82 Å². The molecule has 1 fully saturated rings. The smallest absolute Gasteiger partial charge is 0.255 e. The van der Waals surface area contributed by atoms with E-state index in [-0.39, 0.29) is 11.8 Å². The maximum absolute atomic E-state index is 13.2. The Morgan fingerprint density at radius 2 is 2.56 bits per heavy atom. The fraction of sp³-hybridized carbons (Fsp3) is 0.556. The Kier molecular flexibility index (Phi) is 3.47. The van der Waals surface area contributed by atoms with Crippen LogP contribution in [0.2, 0.25) is 0 Å². The second-order valence-electron chi connectivity index (χ2n) is 3.53. The van der Waals surface area contributed by atoms with Crippen molar-refractivity contribution < 1.29 is 13.9 Å². The van der Waals surface area contributed by atoms with Crippen LogP contribution in [0.4, 0.5) is 10.3 Å². The lowest BCUT2D eigenvalue weighted by atomic mass is 10.1. The van der Waals surface area contributed by atoms with Crippen molar-refractivity contribution in [2.24, 2.45) is 11.8 Å². The minimum atomic E-state index is -0.599. The Bertz CT molecular complexity index is 357. The minimum absolute atomic E-state index is 0.0881. The summed E-state index contributed by atoms with van der Waals surface area (Å²) in [6.45, 7) is 1.77. The number of aromatic nitrogens is 2. The summed E-state index contributed by atoms with van der Waals surface area (Å²) in [7, 11) is 0. The second kappa shape index (κ2) is 5.04.